The highest BCUT2D eigenvalue weighted by Gasteiger charge is 2.31. The molecule has 2 nitrogen and oxygen atoms in total. The Hall–Kier alpha value is -0.670. The second kappa shape index (κ2) is 4.30. The SMILES string of the molecule is Cc1ccc(C)c2c1C(NC(C)C)CS2=O. The van der Waals surface area contributed by atoms with Gasteiger partial charge in [0.2, 0.25) is 0 Å². The van der Waals surface area contributed by atoms with Gasteiger partial charge in [-0.25, -0.2) is 0 Å². The monoisotopic (exact) mass is 237 g/mol. The van der Waals surface area contributed by atoms with Crippen molar-refractivity contribution >= 4 is 10.8 Å². The Morgan fingerprint density at radius 1 is 1.31 bits per heavy atom. The maximum absolute atomic E-state index is 12.1. The Balaban J connectivity index is 2.48. The first-order chi connectivity index (χ1) is 7.50. The minimum atomic E-state index is -0.829. The molecule has 0 saturated heterocycles. The molecular weight excluding hydrogens is 218 g/mol. The lowest BCUT2D eigenvalue weighted by molar-refractivity contribution is 0.510. The number of aryl methyl sites for hydroxylation is 2. The van der Waals surface area contributed by atoms with Crippen molar-refractivity contribution in [3.8, 4) is 0 Å². The van der Waals surface area contributed by atoms with Crippen LogP contribution in [0.15, 0.2) is 17.0 Å². The van der Waals surface area contributed by atoms with Gasteiger partial charge in [0.1, 0.15) is 0 Å². The van der Waals surface area contributed by atoms with E-state index in [1.165, 1.54) is 11.1 Å². The predicted octanol–water partition coefficient (Wildman–Crippen LogP) is 2.46. The molecule has 2 unspecified atom stereocenters. The molecule has 88 valence electrons. The van der Waals surface area contributed by atoms with Gasteiger partial charge in [-0.3, -0.25) is 4.21 Å². The summed E-state index contributed by atoms with van der Waals surface area (Å²) in [5.74, 6) is 0.721. The van der Waals surface area contributed by atoms with Crippen LogP contribution in [0.3, 0.4) is 0 Å². The summed E-state index contributed by atoms with van der Waals surface area (Å²) < 4.78 is 12.1. The molecule has 1 aliphatic rings. The second-order valence-corrected chi connectivity index (χ2v) is 6.26. The van der Waals surface area contributed by atoms with E-state index in [1.54, 1.807) is 0 Å². The Labute approximate surface area is 99.9 Å². The lowest BCUT2D eigenvalue weighted by Gasteiger charge is -2.18. The molecule has 1 N–H and O–H groups in total. The number of hydrogen-bond acceptors (Lipinski definition) is 2. The molecule has 2 atom stereocenters. The number of rotatable bonds is 2. The van der Waals surface area contributed by atoms with E-state index in [0.29, 0.717) is 6.04 Å². The lowest BCUT2D eigenvalue weighted by atomic mass is 9.99. The minimum absolute atomic E-state index is 0.260. The van der Waals surface area contributed by atoms with Crippen LogP contribution in [-0.2, 0) is 10.8 Å². The molecule has 0 fully saturated rings. The summed E-state index contributed by atoms with van der Waals surface area (Å²) in [6.45, 7) is 8.42. The van der Waals surface area contributed by atoms with Crippen molar-refractivity contribution in [1.29, 1.82) is 0 Å². The third-order valence-corrected chi connectivity index (χ3v) is 4.67. The standard InChI is InChI=1S/C13H19NOS/c1-8(2)14-11-7-16(15)13-10(4)6-5-9(3)12(11)13/h5-6,8,11,14H,7H2,1-4H3. The van der Waals surface area contributed by atoms with Crippen LogP contribution in [-0.4, -0.2) is 16.0 Å². The molecule has 0 amide bonds. The van der Waals surface area contributed by atoms with Gasteiger partial charge in [-0.2, -0.15) is 0 Å². The van der Waals surface area contributed by atoms with E-state index < -0.39 is 10.8 Å². The normalized spacial score (nSPS) is 23.8. The van der Waals surface area contributed by atoms with Gasteiger partial charge in [0.25, 0.3) is 0 Å². The van der Waals surface area contributed by atoms with Gasteiger partial charge in [0, 0.05) is 22.7 Å². The minimum Gasteiger partial charge on any atom is -0.307 e. The quantitative estimate of drug-likeness (QED) is 0.856. The molecule has 2 rings (SSSR count). The molecule has 0 bridgehead atoms. The van der Waals surface area contributed by atoms with Crippen molar-refractivity contribution in [1.82, 2.24) is 5.32 Å². The third-order valence-electron chi connectivity index (χ3n) is 3.04. The number of hydrogen-bond donors (Lipinski definition) is 1. The number of benzene rings is 1. The lowest BCUT2D eigenvalue weighted by Crippen LogP contribution is -2.29. The first kappa shape index (κ1) is 11.8. The topological polar surface area (TPSA) is 29.1 Å². The van der Waals surface area contributed by atoms with E-state index in [9.17, 15) is 4.21 Å². The zero-order chi connectivity index (χ0) is 11.9. The van der Waals surface area contributed by atoms with Crippen molar-refractivity contribution in [2.75, 3.05) is 5.75 Å². The molecular formula is C13H19NOS. The summed E-state index contributed by atoms with van der Waals surface area (Å²) in [4.78, 5) is 1.07. The Morgan fingerprint density at radius 3 is 2.56 bits per heavy atom. The van der Waals surface area contributed by atoms with Gasteiger partial charge in [-0.15, -0.1) is 0 Å². The van der Waals surface area contributed by atoms with Crippen LogP contribution >= 0.6 is 0 Å². The first-order valence-electron chi connectivity index (χ1n) is 5.75. The zero-order valence-electron chi connectivity index (χ0n) is 10.3. The molecule has 1 aliphatic heterocycles. The van der Waals surface area contributed by atoms with Crippen molar-refractivity contribution in [2.45, 2.75) is 44.7 Å². The van der Waals surface area contributed by atoms with Crippen LogP contribution in [0, 0.1) is 13.8 Å². The fourth-order valence-corrected chi connectivity index (χ4v) is 4.10. The summed E-state index contributed by atoms with van der Waals surface area (Å²) in [5.41, 5.74) is 3.68. The molecule has 0 radical (unpaired) electrons. The van der Waals surface area contributed by atoms with E-state index in [4.69, 9.17) is 0 Å². The summed E-state index contributed by atoms with van der Waals surface area (Å²) in [7, 11) is -0.829. The Morgan fingerprint density at radius 2 is 1.94 bits per heavy atom. The van der Waals surface area contributed by atoms with Crippen molar-refractivity contribution < 1.29 is 4.21 Å². The van der Waals surface area contributed by atoms with Gasteiger partial charge in [-0.1, -0.05) is 26.0 Å². The van der Waals surface area contributed by atoms with Crippen LogP contribution in [0.25, 0.3) is 0 Å². The Bertz CT molecular complexity index is 440. The Kier molecular flexibility index (Phi) is 3.17. The van der Waals surface area contributed by atoms with Gasteiger partial charge in [0.05, 0.1) is 10.8 Å². The van der Waals surface area contributed by atoms with E-state index in [0.717, 1.165) is 16.2 Å². The number of nitrogens with one attached hydrogen (secondary N) is 1. The fraction of sp³-hybridized carbons (Fsp3) is 0.538. The molecule has 16 heavy (non-hydrogen) atoms. The molecule has 0 spiro atoms. The fourth-order valence-electron chi connectivity index (χ4n) is 2.39. The smallest absolute Gasteiger partial charge is 0.0555 e. The highest BCUT2D eigenvalue weighted by atomic mass is 32.2. The maximum atomic E-state index is 12.1. The first-order valence-corrected chi connectivity index (χ1v) is 7.07. The molecule has 3 heteroatoms. The average Bonchev–Trinajstić information content (AvgIpc) is 2.49. The largest absolute Gasteiger partial charge is 0.307 e. The molecule has 0 aromatic heterocycles. The maximum Gasteiger partial charge on any atom is 0.0555 e. The van der Waals surface area contributed by atoms with E-state index in [-0.39, 0.29) is 6.04 Å². The highest BCUT2D eigenvalue weighted by Crippen LogP contribution is 2.35. The van der Waals surface area contributed by atoms with Gasteiger partial charge < -0.3 is 5.32 Å². The summed E-state index contributed by atoms with van der Waals surface area (Å²) in [6.07, 6.45) is 0. The van der Waals surface area contributed by atoms with Crippen LogP contribution < -0.4 is 5.32 Å². The summed E-state index contributed by atoms with van der Waals surface area (Å²) in [6, 6.07) is 4.89. The average molecular weight is 237 g/mol. The third kappa shape index (κ3) is 1.94. The molecule has 1 aromatic rings. The van der Waals surface area contributed by atoms with Crippen LogP contribution in [0.1, 0.15) is 36.6 Å². The van der Waals surface area contributed by atoms with Crippen molar-refractivity contribution in [3.05, 3.63) is 28.8 Å². The summed E-state index contributed by atoms with van der Waals surface area (Å²) >= 11 is 0. The molecule has 0 aliphatic carbocycles. The van der Waals surface area contributed by atoms with E-state index in [1.807, 2.05) is 6.92 Å². The zero-order valence-corrected chi connectivity index (χ0v) is 11.1. The van der Waals surface area contributed by atoms with Crippen LogP contribution in [0.4, 0.5) is 0 Å². The summed E-state index contributed by atoms with van der Waals surface area (Å²) in [5, 5.41) is 3.50. The second-order valence-electron chi connectivity index (χ2n) is 4.83. The van der Waals surface area contributed by atoms with Gasteiger partial charge >= 0.3 is 0 Å². The van der Waals surface area contributed by atoms with E-state index >= 15 is 0 Å². The van der Waals surface area contributed by atoms with Crippen LogP contribution in [0.5, 0.6) is 0 Å². The van der Waals surface area contributed by atoms with Gasteiger partial charge in [-0.05, 0) is 30.5 Å². The molecule has 0 saturated carbocycles. The molecule has 1 heterocycles. The predicted molar refractivity (Wildman–Crippen MR) is 68.2 cm³/mol. The van der Waals surface area contributed by atoms with Crippen molar-refractivity contribution in [3.63, 3.8) is 0 Å². The van der Waals surface area contributed by atoms with E-state index in [2.05, 4.69) is 38.2 Å². The van der Waals surface area contributed by atoms with Crippen molar-refractivity contribution in [2.24, 2.45) is 0 Å². The molecule has 1 aromatic carbocycles. The highest BCUT2D eigenvalue weighted by molar-refractivity contribution is 7.85. The van der Waals surface area contributed by atoms with Crippen LogP contribution in [0.2, 0.25) is 0 Å². The number of fused-ring (bicyclic) bond motifs is 1. The van der Waals surface area contributed by atoms with Gasteiger partial charge in [0.15, 0.2) is 0 Å².